The maximum Gasteiger partial charge on any atom is 0.242 e. The number of hydrogen-bond donors (Lipinski definition) is 3. The molecule has 1 unspecified atom stereocenters. The molecular formula is C12H15ClN4O2S2. The minimum absolute atomic E-state index is 0.00139. The van der Waals surface area contributed by atoms with Crippen molar-refractivity contribution in [3.8, 4) is 0 Å². The van der Waals surface area contributed by atoms with Gasteiger partial charge >= 0.3 is 0 Å². The molecule has 0 spiro atoms. The lowest BCUT2D eigenvalue weighted by molar-refractivity contribution is 0.553. The van der Waals surface area contributed by atoms with E-state index in [1.807, 2.05) is 24.4 Å². The van der Waals surface area contributed by atoms with Crippen molar-refractivity contribution in [3.63, 3.8) is 0 Å². The van der Waals surface area contributed by atoms with Crippen molar-refractivity contribution >= 4 is 38.8 Å². The number of hydrogen-bond acceptors (Lipinski definition) is 6. The fourth-order valence-corrected chi connectivity index (χ4v) is 4.25. The standard InChI is InChI=1S/C12H15ClN4O2S2/c1-2-10(11-4-3-5-20-11)17-21(18,19)8-6-9(13)12(16-14)15-7-8/h3-7,10,17H,2,14H2,1H3,(H,15,16). The van der Waals surface area contributed by atoms with Gasteiger partial charge in [0, 0.05) is 11.1 Å². The summed E-state index contributed by atoms with van der Waals surface area (Å²) in [6.07, 6.45) is 1.86. The summed E-state index contributed by atoms with van der Waals surface area (Å²) >= 11 is 7.42. The largest absolute Gasteiger partial charge is 0.307 e. The van der Waals surface area contributed by atoms with Crippen LogP contribution in [0.3, 0.4) is 0 Å². The minimum atomic E-state index is -3.70. The molecule has 1 atom stereocenters. The second kappa shape index (κ2) is 6.71. The Morgan fingerprint density at radius 2 is 2.29 bits per heavy atom. The van der Waals surface area contributed by atoms with E-state index < -0.39 is 10.0 Å². The Kier molecular flexibility index (Phi) is 5.17. The molecule has 0 aliphatic rings. The summed E-state index contributed by atoms with van der Waals surface area (Å²) in [6.45, 7) is 1.92. The number of nitrogens with two attached hydrogens (primary N) is 1. The average Bonchev–Trinajstić information content (AvgIpc) is 2.98. The van der Waals surface area contributed by atoms with E-state index in [0.29, 0.717) is 6.42 Å². The lowest BCUT2D eigenvalue weighted by Gasteiger charge is -2.16. The van der Waals surface area contributed by atoms with Crippen molar-refractivity contribution in [1.29, 1.82) is 0 Å². The van der Waals surface area contributed by atoms with Crippen LogP contribution >= 0.6 is 22.9 Å². The van der Waals surface area contributed by atoms with Crippen molar-refractivity contribution in [2.24, 2.45) is 5.84 Å². The van der Waals surface area contributed by atoms with Gasteiger partial charge in [0.25, 0.3) is 0 Å². The molecule has 21 heavy (non-hydrogen) atoms. The molecular weight excluding hydrogens is 332 g/mol. The zero-order valence-electron chi connectivity index (χ0n) is 11.2. The van der Waals surface area contributed by atoms with Gasteiger partial charge in [-0.3, -0.25) is 0 Å². The Hall–Kier alpha value is -1.19. The normalized spacial score (nSPS) is 13.1. The van der Waals surface area contributed by atoms with E-state index in [4.69, 9.17) is 17.4 Å². The highest BCUT2D eigenvalue weighted by Crippen LogP contribution is 2.26. The van der Waals surface area contributed by atoms with E-state index in [1.54, 1.807) is 0 Å². The third-order valence-electron chi connectivity index (χ3n) is 2.86. The molecule has 0 aliphatic carbocycles. The number of sulfonamides is 1. The van der Waals surface area contributed by atoms with Gasteiger partial charge in [-0.15, -0.1) is 11.3 Å². The van der Waals surface area contributed by atoms with Crippen molar-refractivity contribution in [3.05, 3.63) is 39.7 Å². The van der Waals surface area contributed by atoms with Crippen LogP contribution < -0.4 is 16.0 Å². The molecule has 0 aromatic carbocycles. The van der Waals surface area contributed by atoms with Gasteiger partial charge in [-0.25, -0.2) is 24.0 Å². The molecule has 114 valence electrons. The van der Waals surface area contributed by atoms with E-state index >= 15 is 0 Å². The van der Waals surface area contributed by atoms with Gasteiger partial charge in [0.15, 0.2) is 5.82 Å². The molecule has 2 rings (SSSR count). The highest BCUT2D eigenvalue weighted by Gasteiger charge is 2.22. The molecule has 0 amide bonds. The third-order valence-corrected chi connectivity index (χ3v) is 5.57. The number of nitrogen functional groups attached to an aromatic ring is 1. The first-order valence-corrected chi connectivity index (χ1v) is 8.90. The van der Waals surface area contributed by atoms with Crippen LogP contribution in [0.25, 0.3) is 0 Å². The minimum Gasteiger partial charge on any atom is -0.307 e. The van der Waals surface area contributed by atoms with E-state index in [0.717, 1.165) is 4.88 Å². The number of thiophene rings is 1. The first kappa shape index (κ1) is 16.2. The first-order valence-electron chi connectivity index (χ1n) is 6.15. The lowest BCUT2D eigenvalue weighted by atomic mass is 10.2. The molecule has 2 aromatic heterocycles. The summed E-state index contributed by atoms with van der Waals surface area (Å²) in [5.41, 5.74) is 2.29. The fourth-order valence-electron chi connectivity index (χ4n) is 1.76. The van der Waals surface area contributed by atoms with Crippen LogP contribution in [0, 0.1) is 0 Å². The number of nitrogens with zero attached hydrogens (tertiary/aromatic N) is 1. The second-order valence-electron chi connectivity index (χ2n) is 4.24. The first-order chi connectivity index (χ1) is 9.97. The predicted molar refractivity (Wildman–Crippen MR) is 84.7 cm³/mol. The molecule has 0 saturated carbocycles. The Morgan fingerprint density at radius 3 is 2.81 bits per heavy atom. The van der Waals surface area contributed by atoms with Crippen LogP contribution in [0.5, 0.6) is 0 Å². The smallest absolute Gasteiger partial charge is 0.242 e. The van der Waals surface area contributed by atoms with Gasteiger partial charge in [0.1, 0.15) is 4.90 Å². The summed E-state index contributed by atoms with van der Waals surface area (Å²) in [5.74, 6) is 5.44. The molecule has 4 N–H and O–H groups in total. The average molecular weight is 347 g/mol. The Morgan fingerprint density at radius 1 is 1.52 bits per heavy atom. The van der Waals surface area contributed by atoms with Crippen molar-refractivity contribution < 1.29 is 8.42 Å². The number of aromatic nitrogens is 1. The van der Waals surface area contributed by atoms with Crippen LogP contribution in [0.2, 0.25) is 5.02 Å². The maximum absolute atomic E-state index is 12.4. The zero-order chi connectivity index (χ0) is 15.5. The molecule has 6 nitrogen and oxygen atoms in total. The molecule has 2 aromatic rings. The highest BCUT2D eigenvalue weighted by molar-refractivity contribution is 7.89. The van der Waals surface area contributed by atoms with Crippen molar-refractivity contribution in [2.45, 2.75) is 24.3 Å². The summed E-state index contributed by atoms with van der Waals surface area (Å²) in [7, 11) is -3.70. The van der Waals surface area contributed by atoms with Crippen LogP contribution in [0.15, 0.2) is 34.7 Å². The number of anilines is 1. The summed E-state index contributed by atoms with van der Waals surface area (Å²) in [6, 6.07) is 4.82. The van der Waals surface area contributed by atoms with E-state index in [9.17, 15) is 8.42 Å². The summed E-state index contributed by atoms with van der Waals surface area (Å²) in [4.78, 5) is 4.83. The van der Waals surface area contributed by atoms with Crippen LogP contribution in [-0.4, -0.2) is 13.4 Å². The molecule has 2 heterocycles. The van der Waals surface area contributed by atoms with Crippen LogP contribution in [0.1, 0.15) is 24.3 Å². The van der Waals surface area contributed by atoms with Crippen LogP contribution in [0.4, 0.5) is 5.82 Å². The van der Waals surface area contributed by atoms with Gasteiger partial charge < -0.3 is 5.43 Å². The Labute approximate surface area is 132 Å². The predicted octanol–water partition coefficient (Wildman–Crippen LogP) is 2.51. The zero-order valence-corrected chi connectivity index (χ0v) is 13.6. The highest BCUT2D eigenvalue weighted by atomic mass is 35.5. The van der Waals surface area contributed by atoms with Gasteiger partial charge in [-0.05, 0) is 23.9 Å². The van der Waals surface area contributed by atoms with Gasteiger partial charge in [-0.1, -0.05) is 24.6 Å². The Balaban J connectivity index is 2.27. The van der Waals surface area contributed by atoms with Crippen molar-refractivity contribution in [1.82, 2.24) is 9.71 Å². The number of pyridine rings is 1. The van der Waals surface area contributed by atoms with Gasteiger partial charge in [-0.2, -0.15) is 0 Å². The van der Waals surface area contributed by atoms with Gasteiger partial charge in [0.2, 0.25) is 10.0 Å². The topological polar surface area (TPSA) is 97.1 Å². The monoisotopic (exact) mass is 346 g/mol. The Bertz CT molecular complexity index is 704. The third kappa shape index (κ3) is 3.72. The molecule has 9 heteroatoms. The van der Waals surface area contributed by atoms with E-state index in [-0.39, 0.29) is 21.8 Å². The number of halogens is 1. The van der Waals surface area contributed by atoms with E-state index in [1.165, 1.54) is 23.6 Å². The molecule has 0 aliphatic heterocycles. The molecule has 0 radical (unpaired) electrons. The molecule has 0 bridgehead atoms. The summed E-state index contributed by atoms with van der Waals surface area (Å²) in [5, 5.41) is 2.05. The SMILES string of the molecule is CCC(NS(=O)(=O)c1cnc(NN)c(Cl)c1)c1cccs1. The van der Waals surface area contributed by atoms with Crippen molar-refractivity contribution in [2.75, 3.05) is 5.43 Å². The quantitative estimate of drug-likeness (QED) is 0.551. The van der Waals surface area contributed by atoms with Crippen LogP contribution in [-0.2, 0) is 10.0 Å². The fraction of sp³-hybridized carbons (Fsp3) is 0.250. The number of nitrogens with one attached hydrogen (secondary N) is 2. The summed E-state index contributed by atoms with van der Waals surface area (Å²) < 4.78 is 27.4. The number of rotatable bonds is 6. The maximum atomic E-state index is 12.4. The molecule has 0 fully saturated rings. The second-order valence-corrected chi connectivity index (χ2v) is 7.34. The number of hydrazine groups is 1. The lowest BCUT2D eigenvalue weighted by Crippen LogP contribution is -2.28. The van der Waals surface area contributed by atoms with E-state index in [2.05, 4.69) is 15.1 Å². The molecule has 0 saturated heterocycles. The van der Waals surface area contributed by atoms with Gasteiger partial charge in [0.05, 0.1) is 11.1 Å².